The zero-order valence-corrected chi connectivity index (χ0v) is 16.9. The molecule has 0 atom stereocenters. The zero-order chi connectivity index (χ0) is 19.6. The Balaban J connectivity index is 1.41. The highest BCUT2D eigenvalue weighted by Crippen LogP contribution is 2.13. The Morgan fingerprint density at radius 2 is 1.54 bits per heavy atom. The van der Waals surface area contributed by atoms with Crippen LogP contribution in [0.4, 0.5) is 5.69 Å². The molecule has 2 aromatic carbocycles. The molecule has 1 aliphatic heterocycles. The lowest BCUT2D eigenvalue weighted by Crippen LogP contribution is -3.12. The number of rotatable bonds is 9. The summed E-state index contributed by atoms with van der Waals surface area (Å²) < 4.78 is 5.43. The van der Waals surface area contributed by atoms with E-state index < -0.39 is 0 Å². The van der Waals surface area contributed by atoms with Crippen LogP contribution in [0.2, 0.25) is 0 Å². The quantitative estimate of drug-likeness (QED) is 0.674. The van der Waals surface area contributed by atoms with Gasteiger partial charge in [0.15, 0.2) is 0 Å². The van der Waals surface area contributed by atoms with Crippen molar-refractivity contribution in [1.82, 2.24) is 0 Å². The highest BCUT2D eigenvalue weighted by molar-refractivity contribution is 5.46. The van der Waals surface area contributed by atoms with Crippen LogP contribution in [0.5, 0.6) is 0 Å². The van der Waals surface area contributed by atoms with Gasteiger partial charge < -0.3 is 19.9 Å². The predicted molar refractivity (Wildman–Crippen MR) is 111 cm³/mol. The van der Waals surface area contributed by atoms with Crippen molar-refractivity contribution in [3.63, 3.8) is 0 Å². The van der Waals surface area contributed by atoms with E-state index in [9.17, 15) is 0 Å². The van der Waals surface area contributed by atoms with Crippen molar-refractivity contribution >= 4 is 5.69 Å². The number of nitriles is 1. The molecule has 0 spiro atoms. The molecule has 0 aliphatic carbocycles. The highest BCUT2D eigenvalue weighted by atomic mass is 16.5. The Morgan fingerprint density at radius 1 is 0.964 bits per heavy atom. The first-order chi connectivity index (χ1) is 13.7. The van der Waals surface area contributed by atoms with Crippen LogP contribution in [0.25, 0.3) is 0 Å². The van der Waals surface area contributed by atoms with Crippen LogP contribution in [-0.2, 0) is 24.4 Å². The maximum Gasteiger partial charge on any atom is 0.103 e. The predicted octanol–water partition coefficient (Wildman–Crippen LogP) is 0.715. The van der Waals surface area contributed by atoms with Crippen LogP contribution in [0.15, 0.2) is 48.5 Å². The van der Waals surface area contributed by atoms with Crippen LogP contribution >= 0.6 is 0 Å². The van der Waals surface area contributed by atoms with Gasteiger partial charge in [0, 0.05) is 36.0 Å². The molecule has 0 radical (unpaired) electrons. The highest BCUT2D eigenvalue weighted by Gasteiger charge is 2.13. The summed E-state index contributed by atoms with van der Waals surface area (Å²) in [5.41, 5.74) is 5.27. The van der Waals surface area contributed by atoms with Gasteiger partial charge in [-0.2, -0.15) is 5.26 Å². The molecule has 0 unspecified atom stereocenters. The van der Waals surface area contributed by atoms with Crippen LogP contribution in [0, 0.1) is 11.3 Å². The van der Waals surface area contributed by atoms with E-state index in [0.29, 0.717) is 6.42 Å². The monoisotopic (exact) mass is 380 g/mol. The smallest absolute Gasteiger partial charge is 0.103 e. The van der Waals surface area contributed by atoms with Gasteiger partial charge >= 0.3 is 0 Å². The van der Waals surface area contributed by atoms with E-state index in [-0.39, 0.29) is 0 Å². The second-order valence-corrected chi connectivity index (χ2v) is 7.55. The van der Waals surface area contributed by atoms with E-state index in [1.54, 1.807) is 4.90 Å². The molecule has 1 aliphatic rings. The first-order valence-electron chi connectivity index (χ1n) is 10.2. The van der Waals surface area contributed by atoms with Crippen molar-refractivity contribution in [3.8, 4) is 6.07 Å². The molecular weight excluding hydrogens is 348 g/mol. The standard InChI is InChI=1S/C23H30N4O/c1-26(12-2-11-24)23-9-7-21(8-10-23)18-25-17-20-3-5-22(6-4-20)19-27-13-15-28-16-14-27/h3-10,25H,2,12-19H2,1H3/p+2. The molecule has 0 aromatic heterocycles. The van der Waals surface area contributed by atoms with Gasteiger partial charge in [-0.1, -0.05) is 36.4 Å². The second kappa shape index (κ2) is 10.8. The van der Waals surface area contributed by atoms with Crippen LogP contribution in [0.3, 0.4) is 0 Å². The summed E-state index contributed by atoms with van der Waals surface area (Å²) in [5.74, 6) is 0. The second-order valence-electron chi connectivity index (χ2n) is 7.55. The van der Waals surface area contributed by atoms with E-state index in [2.05, 4.69) is 64.8 Å². The summed E-state index contributed by atoms with van der Waals surface area (Å²) >= 11 is 0. The van der Waals surface area contributed by atoms with Crippen molar-refractivity contribution in [3.05, 3.63) is 65.2 Å². The molecule has 0 amide bonds. The topological polar surface area (TPSA) is 57.3 Å². The van der Waals surface area contributed by atoms with Crippen LogP contribution < -0.4 is 15.1 Å². The lowest BCUT2D eigenvalue weighted by Gasteiger charge is -2.23. The number of quaternary nitrogens is 2. The fraction of sp³-hybridized carbons (Fsp3) is 0.435. The molecule has 0 saturated carbocycles. The van der Waals surface area contributed by atoms with Crippen molar-refractivity contribution < 1.29 is 15.0 Å². The number of nitrogens with one attached hydrogen (secondary N) is 1. The third-order valence-corrected chi connectivity index (χ3v) is 5.37. The van der Waals surface area contributed by atoms with E-state index in [0.717, 1.165) is 58.2 Å². The molecule has 3 N–H and O–H groups in total. The molecule has 148 valence electrons. The third kappa shape index (κ3) is 6.35. The largest absolute Gasteiger partial charge is 0.374 e. The Kier molecular flexibility index (Phi) is 7.86. The molecular formula is C23H32N4O+2. The SMILES string of the molecule is CN(CCC#N)c1ccc(C[NH2+]Cc2ccc(C[NH+]3CCOCC3)cc2)cc1. The minimum absolute atomic E-state index is 0.554. The first-order valence-corrected chi connectivity index (χ1v) is 10.2. The number of ether oxygens (including phenoxy) is 1. The Hall–Kier alpha value is -2.39. The van der Waals surface area contributed by atoms with Gasteiger partial charge in [-0.15, -0.1) is 0 Å². The molecule has 1 saturated heterocycles. The molecule has 1 fully saturated rings. The summed E-state index contributed by atoms with van der Waals surface area (Å²) in [6.07, 6.45) is 0.554. The molecule has 28 heavy (non-hydrogen) atoms. The number of nitrogens with two attached hydrogens (primary N) is 1. The summed E-state index contributed by atoms with van der Waals surface area (Å²) in [5, 5.41) is 11.0. The van der Waals surface area contributed by atoms with Crippen molar-refractivity contribution in [2.75, 3.05) is 44.8 Å². The minimum Gasteiger partial charge on any atom is -0.374 e. The Labute approximate surface area is 168 Å². The molecule has 1 heterocycles. The molecule has 2 aromatic rings. The van der Waals surface area contributed by atoms with Gasteiger partial charge in [0.2, 0.25) is 0 Å². The summed E-state index contributed by atoms with van der Waals surface area (Å²) in [7, 11) is 2.03. The summed E-state index contributed by atoms with van der Waals surface area (Å²) in [4.78, 5) is 3.74. The average Bonchev–Trinajstić information content (AvgIpc) is 2.74. The van der Waals surface area contributed by atoms with Crippen molar-refractivity contribution in [2.45, 2.75) is 26.1 Å². The van der Waals surface area contributed by atoms with Gasteiger partial charge in [-0.05, 0) is 12.1 Å². The molecule has 0 bridgehead atoms. The number of morpholine rings is 1. The van der Waals surface area contributed by atoms with Crippen LogP contribution in [-0.4, -0.2) is 39.9 Å². The van der Waals surface area contributed by atoms with E-state index in [4.69, 9.17) is 10.00 Å². The van der Waals surface area contributed by atoms with Crippen molar-refractivity contribution in [1.29, 1.82) is 5.26 Å². The minimum atomic E-state index is 0.554. The Bertz CT molecular complexity index is 746. The van der Waals surface area contributed by atoms with Gasteiger partial charge in [0.05, 0.1) is 25.7 Å². The van der Waals surface area contributed by atoms with Crippen LogP contribution in [0.1, 0.15) is 23.1 Å². The summed E-state index contributed by atoms with van der Waals surface area (Å²) in [6.45, 7) is 7.84. The van der Waals surface area contributed by atoms with Gasteiger partial charge in [-0.3, -0.25) is 0 Å². The van der Waals surface area contributed by atoms with E-state index >= 15 is 0 Å². The number of hydrogen-bond acceptors (Lipinski definition) is 3. The summed E-state index contributed by atoms with van der Waals surface area (Å²) in [6, 6.07) is 19.9. The zero-order valence-electron chi connectivity index (χ0n) is 16.9. The lowest BCUT2D eigenvalue weighted by atomic mass is 10.1. The lowest BCUT2D eigenvalue weighted by molar-refractivity contribution is -0.921. The first kappa shape index (κ1) is 20.3. The molecule has 3 rings (SSSR count). The fourth-order valence-corrected chi connectivity index (χ4v) is 3.56. The van der Waals surface area contributed by atoms with Gasteiger partial charge in [0.25, 0.3) is 0 Å². The maximum atomic E-state index is 8.70. The van der Waals surface area contributed by atoms with Gasteiger partial charge in [-0.25, -0.2) is 0 Å². The van der Waals surface area contributed by atoms with Gasteiger partial charge in [0.1, 0.15) is 32.7 Å². The number of hydrogen-bond donors (Lipinski definition) is 2. The molecule has 5 heteroatoms. The molecule has 5 nitrogen and oxygen atoms in total. The number of benzene rings is 2. The number of anilines is 1. The van der Waals surface area contributed by atoms with E-state index in [1.165, 1.54) is 16.7 Å². The number of nitrogens with zero attached hydrogens (tertiary/aromatic N) is 2. The normalized spacial score (nSPS) is 14.6. The average molecular weight is 381 g/mol. The third-order valence-electron chi connectivity index (χ3n) is 5.37. The Morgan fingerprint density at radius 3 is 2.14 bits per heavy atom. The van der Waals surface area contributed by atoms with E-state index in [1.807, 2.05) is 7.05 Å². The van der Waals surface area contributed by atoms with Crippen molar-refractivity contribution in [2.24, 2.45) is 0 Å². The fourth-order valence-electron chi connectivity index (χ4n) is 3.56. The maximum absolute atomic E-state index is 8.70.